The highest BCUT2D eigenvalue weighted by atomic mass is 16.4. The van der Waals surface area contributed by atoms with Crippen molar-refractivity contribution in [3.8, 4) is 0 Å². The van der Waals surface area contributed by atoms with Crippen molar-refractivity contribution in [1.29, 1.82) is 0 Å². The number of aromatic nitrogens is 2. The van der Waals surface area contributed by atoms with E-state index in [1.54, 1.807) is 0 Å². The molecule has 0 aliphatic carbocycles. The molecular weight excluding hydrogens is 142 g/mol. The molecule has 1 amide bonds. The highest BCUT2D eigenvalue weighted by Crippen LogP contribution is 1.53. The topological polar surface area (TPSA) is 122 Å². The van der Waals surface area contributed by atoms with Crippen LogP contribution in [0.5, 0.6) is 0 Å². The highest BCUT2D eigenvalue weighted by Gasteiger charge is 1.74. The van der Waals surface area contributed by atoms with Gasteiger partial charge in [-0.15, -0.1) is 5.10 Å². The highest BCUT2D eigenvalue weighted by molar-refractivity contribution is 5.61. The zero-order valence-corrected chi connectivity index (χ0v) is 4.77. The van der Waals surface area contributed by atoms with Crippen molar-refractivity contribution in [2.24, 2.45) is 5.73 Å². The van der Waals surface area contributed by atoms with E-state index in [-0.39, 0.29) is 0 Å². The first-order chi connectivity index (χ1) is 4.63. The van der Waals surface area contributed by atoms with Crippen molar-refractivity contribution in [2.75, 3.05) is 0 Å². The van der Waals surface area contributed by atoms with Crippen molar-refractivity contribution in [2.45, 2.75) is 0 Å². The summed E-state index contributed by atoms with van der Waals surface area (Å²) >= 11 is 0. The molecule has 0 saturated heterocycles. The van der Waals surface area contributed by atoms with Gasteiger partial charge in [-0.2, -0.15) is 0 Å². The summed E-state index contributed by atoms with van der Waals surface area (Å²) in [6.07, 6.45) is -0.289. The van der Waals surface area contributed by atoms with Gasteiger partial charge in [0.15, 0.2) is 0 Å². The van der Waals surface area contributed by atoms with E-state index in [0.717, 1.165) is 6.39 Å². The zero-order valence-electron chi connectivity index (χ0n) is 4.77. The van der Waals surface area contributed by atoms with Gasteiger partial charge in [-0.05, 0) is 0 Å². The number of nitrogens with one attached hydrogen (secondary N) is 1. The van der Waals surface area contributed by atoms with E-state index in [2.05, 4.69) is 15.2 Å². The van der Waals surface area contributed by atoms with Gasteiger partial charge in [-0.3, -0.25) is 0 Å². The third-order valence-electron chi connectivity index (χ3n) is 0.368. The standard InChI is InChI=1S/C2H2N2O2.CH3NO2/c5-2-4-3-1-6-2;2-1(3)4/h1H,(H,4,5);2H2,(H,3,4). The Morgan fingerprint density at radius 2 is 2.40 bits per heavy atom. The van der Waals surface area contributed by atoms with Crippen LogP contribution in [0.15, 0.2) is 15.6 Å². The largest absolute Gasteiger partial charge is 0.465 e. The fraction of sp³-hybridized carbons (Fsp3) is 0. The number of carbonyl (C=O) groups is 1. The number of H-pyrrole nitrogens is 1. The van der Waals surface area contributed by atoms with Gasteiger partial charge in [0.05, 0.1) is 0 Å². The molecule has 7 nitrogen and oxygen atoms in total. The molecule has 0 unspecified atom stereocenters. The van der Waals surface area contributed by atoms with Crippen LogP contribution in [-0.2, 0) is 0 Å². The molecule has 4 N–H and O–H groups in total. The Bertz CT molecular complexity index is 217. The second kappa shape index (κ2) is 4.13. The molecule has 1 aromatic rings. The lowest BCUT2D eigenvalue weighted by atomic mass is 11.3. The quantitative estimate of drug-likeness (QED) is 0.433. The van der Waals surface area contributed by atoms with Crippen LogP contribution in [0, 0.1) is 0 Å². The third-order valence-corrected chi connectivity index (χ3v) is 0.368. The second-order valence-corrected chi connectivity index (χ2v) is 1.09. The number of rotatable bonds is 0. The zero-order chi connectivity index (χ0) is 7.98. The summed E-state index contributed by atoms with van der Waals surface area (Å²) in [5.74, 6) is -0.519. The summed E-state index contributed by atoms with van der Waals surface area (Å²) in [4.78, 5) is 18.6. The molecule has 1 heterocycles. The molecule has 0 atom stereocenters. The Balaban J connectivity index is 0.000000180. The molecule has 0 aliphatic heterocycles. The summed E-state index contributed by atoms with van der Waals surface area (Å²) in [6, 6.07) is 0. The molecule has 10 heavy (non-hydrogen) atoms. The van der Waals surface area contributed by atoms with Crippen LogP contribution in [0.1, 0.15) is 0 Å². The molecule has 0 aliphatic rings. The van der Waals surface area contributed by atoms with Gasteiger partial charge in [0.1, 0.15) is 0 Å². The van der Waals surface area contributed by atoms with Crippen LogP contribution in [-0.4, -0.2) is 21.4 Å². The molecule has 0 saturated carbocycles. The third kappa shape index (κ3) is 6.21. The normalized spacial score (nSPS) is 7.60. The van der Waals surface area contributed by atoms with Crippen molar-refractivity contribution in [1.82, 2.24) is 10.2 Å². The molecule has 7 heteroatoms. The maximum atomic E-state index is 9.78. The van der Waals surface area contributed by atoms with Gasteiger partial charge in [-0.25, -0.2) is 14.7 Å². The molecule has 1 aromatic heterocycles. The average Bonchev–Trinajstić information content (AvgIpc) is 2.15. The lowest BCUT2D eigenvalue weighted by Gasteiger charge is -1.61. The number of nitrogens with zero attached hydrogens (tertiary/aromatic N) is 1. The van der Waals surface area contributed by atoms with Crippen LogP contribution in [0.2, 0.25) is 0 Å². The minimum atomic E-state index is -1.33. The predicted molar refractivity (Wildman–Crippen MR) is 29.3 cm³/mol. The minimum Gasteiger partial charge on any atom is -0.465 e. The van der Waals surface area contributed by atoms with Crippen LogP contribution in [0.3, 0.4) is 0 Å². The van der Waals surface area contributed by atoms with Crippen molar-refractivity contribution in [3.05, 3.63) is 16.9 Å². The first-order valence-electron chi connectivity index (χ1n) is 2.09. The summed E-state index contributed by atoms with van der Waals surface area (Å²) in [6.45, 7) is 0. The van der Waals surface area contributed by atoms with E-state index in [1.165, 1.54) is 0 Å². The molecular formula is C3H5N3O4. The summed E-state index contributed by atoms with van der Waals surface area (Å²) < 4.78 is 4.11. The van der Waals surface area contributed by atoms with Crippen LogP contribution < -0.4 is 11.5 Å². The maximum Gasteiger partial charge on any atom is 0.434 e. The number of aromatic amines is 1. The van der Waals surface area contributed by atoms with Crippen molar-refractivity contribution < 1.29 is 14.3 Å². The van der Waals surface area contributed by atoms with Crippen LogP contribution in [0.25, 0.3) is 0 Å². The lowest BCUT2D eigenvalue weighted by Crippen LogP contribution is -2.03. The number of nitrogens with two attached hydrogens (primary N) is 1. The minimum absolute atomic E-state index is 0.519. The average molecular weight is 147 g/mol. The van der Waals surface area contributed by atoms with E-state index >= 15 is 0 Å². The van der Waals surface area contributed by atoms with Gasteiger partial charge < -0.3 is 15.3 Å². The first kappa shape index (κ1) is 8.21. The van der Waals surface area contributed by atoms with E-state index < -0.39 is 11.8 Å². The second-order valence-electron chi connectivity index (χ2n) is 1.09. The van der Waals surface area contributed by atoms with E-state index in [1.807, 2.05) is 5.10 Å². The maximum absolute atomic E-state index is 9.78. The monoisotopic (exact) mass is 147 g/mol. The van der Waals surface area contributed by atoms with Crippen molar-refractivity contribution >= 4 is 6.09 Å². The number of carboxylic acid groups (broad SMARTS) is 1. The number of hydrogen-bond donors (Lipinski definition) is 3. The van der Waals surface area contributed by atoms with Crippen molar-refractivity contribution in [3.63, 3.8) is 0 Å². The molecule has 56 valence electrons. The molecule has 0 bridgehead atoms. The van der Waals surface area contributed by atoms with Gasteiger partial charge in [0, 0.05) is 0 Å². The number of primary amides is 1. The molecule has 0 spiro atoms. The van der Waals surface area contributed by atoms with Gasteiger partial charge in [-0.1, -0.05) is 0 Å². The van der Waals surface area contributed by atoms with E-state index in [4.69, 9.17) is 9.90 Å². The molecule has 0 radical (unpaired) electrons. The Hall–Kier alpha value is -1.79. The Morgan fingerprint density at radius 3 is 2.50 bits per heavy atom. The lowest BCUT2D eigenvalue weighted by molar-refractivity contribution is 0.205. The molecule has 0 fully saturated rings. The fourth-order valence-electron chi connectivity index (χ4n) is 0.180. The van der Waals surface area contributed by atoms with Gasteiger partial charge in [0.25, 0.3) is 0 Å². The van der Waals surface area contributed by atoms with Gasteiger partial charge >= 0.3 is 11.8 Å². The Kier molecular flexibility index (Phi) is 3.39. The van der Waals surface area contributed by atoms with E-state index in [0.29, 0.717) is 0 Å². The predicted octanol–water partition coefficient (Wildman–Crippen LogP) is -1.01. The Labute approximate surface area is 54.5 Å². The number of hydrogen-bond acceptors (Lipinski definition) is 4. The summed E-state index contributed by atoms with van der Waals surface area (Å²) in [5, 5.41) is 12.4. The Morgan fingerprint density at radius 1 is 1.90 bits per heavy atom. The smallest absolute Gasteiger partial charge is 0.434 e. The van der Waals surface area contributed by atoms with Gasteiger partial charge in [0.2, 0.25) is 6.39 Å². The molecule has 0 aromatic carbocycles. The number of amides is 1. The molecule has 1 rings (SSSR count). The van der Waals surface area contributed by atoms with Crippen LogP contribution in [0.4, 0.5) is 4.79 Å². The summed E-state index contributed by atoms with van der Waals surface area (Å²) in [5.41, 5.74) is 4.03. The first-order valence-corrected chi connectivity index (χ1v) is 2.09. The fourth-order valence-corrected chi connectivity index (χ4v) is 0.180. The van der Waals surface area contributed by atoms with Crippen LogP contribution >= 0.6 is 0 Å². The van der Waals surface area contributed by atoms with E-state index in [9.17, 15) is 4.79 Å². The SMILES string of the molecule is NC(=O)O.O=c1[nH]nco1. The summed E-state index contributed by atoms with van der Waals surface area (Å²) in [7, 11) is 0.